The molecule has 2 heteroatoms. The lowest BCUT2D eigenvalue weighted by Crippen LogP contribution is -2.05. The number of hydrogen-bond donors (Lipinski definition) is 1. The molecule has 0 spiro atoms. The van der Waals surface area contributed by atoms with Crippen molar-refractivity contribution in [1.29, 1.82) is 0 Å². The molecule has 2 N–H and O–H groups in total. The van der Waals surface area contributed by atoms with Gasteiger partial charge in [-0.2, -0.15) is 0 Å². The molecule has 0 saturated carbocycles. The number of hydrogen-bond acceptors (Lipinski definition) is 2. The summed E-state index contributed by atoms with van der Waals surface area (Å²) in [6.45, 7) is 0. The van der Waals surface area contributed by atoms with Crippen LogP contribution in [0.3, 0.4) is 0 Å². The zero-order valence-electron chi connectivity index (χ0n) is 6.79. The van der Waals surface area contributed by atoms with Gasteiger partial charge in [0.1, 0.15) is 6.29 Å². The van der Waals surface area contributed by atoms with Crippen LogP contribution < -0.4 is 5.73 Å². The van der Waals surface area contributed by atoms with E-state index in [1.165, 1.54) is 5.56 Å². The van der Waals surface area contributed by atoms with Crippen molar-refractivity contribution in [3.63, 3.8) is 0 Å². The molecule has 2 nitrogen and oxygen atoms in total. The van der Waals surface area contributed by atoms with Crippen molar-refractivity contribution in [2.45, 2.75) is 18.9 Å². The summed E-state index contributed by atoms with van der Waals surface area (Å²) in [5, 5.41) is 0. The summed E-state index contributed by atoms with van der Waals surface area (Å²) in [7, 11) is 0. The van der Waals surface area contributed by atoms with Gasteiger partial charge in [-0.3, -0.25) is 4.79 Å². The van der Waals surface area contributed by atoms with E-state index in [4.69, 9.17) is 5.73 Å². The van der Waals surface area contributed by atoms with E-state index in [2.05, 4.69) is 0 Å². The van der Waals surface area contributed by atoms with Gasteiger partial charge in [0.15, 0.2) is 0 Å². The molecule has 1 atom stereocenters. The van der Waals surface area contributed by atoms with E-state index in [1.807, 2.05) is 18.2 Å². The van der Waals surface area contributed by atoms with Crippen LogP contribution in [0.5, 0.6) is 0 Å². The van der Waals surface area contributed by atoms with Crippen molar-refractivity contribution >= 4 is 6.29 Å². The van der Waals surface area contributed by atoms with Crippen LogP contribution >= 0.6 is 0 Å². The second-order valence-electron chi connectivity index (χ2n) is 3.22. The maximum absolute atomic E-state index is 10.5. The topological polar surface area (TPSA) is 43.1 Å². The summed E-state index contributed by atoms with van der Waals surface area (Å²) >= 11 is 0. The van der Waals surface area contributed by atoms with Crippen molar-refractivity contribution in [2.75, 3.05) is 0 Å². The maximum Gasteiger partial charge on any atom is 0.150 e. The molecule has 1 aliphatic rings. The first kappa shape index (κ1) is 7.50. The molecule has 0 fully saturated rings. The molecular formula is C10H11NO. The minimum Gasteiger partial charge on any atom is -0.324 e. The molecule has 12 heavy (non-hydrogen) atoms. The maximum atomic E-state index is 10.5. The van der Waals surface area contributed by atoms with E-state index in [-0.39, 0.29) is 6.04 Å². The first-order valence-corrected chi connectivity index (χ1v) is 4.15. The first-order chi connectivity index (χ1) is 5.81. The lowest BCUT2D eigenvalue weighted by molar-refractivity contribution is 0.112. The van der Waals surface area contributed by atoms with Crippen molar-refractivity contribution in [2.24, 2.45) is 5.73 Å². The van der Waals surface area contributed by atoms with Gasteiger partial charge in [-0.05, 0) is 30.0 Å². The second kappa shape index (κ2) is 2.72. The number of carbonyl (C=O) groups excluding carboxylic acids is 1. The highest BCUT2D eigenvalue weighted by molar-refractivity contribution is 5.75. The predicted molar refractivity (Wildman–Crippen MR) is 47.1 cm³/mol. The van der Waals surface area contributed by atoms with Gasteiger partial charge in [0, 0.05) is 11.6 Å². The van der Waals surface area contributed by atoms with Crippen molar-refractivity contribution < 1.29 is 4.79 Å². The average molecular weight is 161 g/mol. The molecule has 1 aliphatic carbocycles. The van der Waals surface area contributed by atoms with Gasteiger partial charge >= 0.3 is 0 Å². The van der Waals surface area contributed by atoms with E-state index in [1.54, 1.807) is 0 Å². The summed E-state index contributed by atoms with van der Waals surface area (Å²) in [6, 6.07) is 5.90. The smallest absolute Gasteiger partial charge is 0.150 e. The van der Waals surface area contributed by atoms with Crippen LogP contribution in [-0.2, 0) is 6.42 Å². The number of carbonyl (C=O) groups is 1. The number of aldehydes is 1. The van der Waals surface area contributed by atoms with Gasteiger partial charge in [-0.25, -0.2) is 0 Å². The second-order valence-corrected chi connectivity index (χ2v) is 3.22. The van der Waals surface area contributed by atoms with Crippen LogP contribution in [0, 0.1) is 0 Å². The summed E-state index contributed by atoms with van der Waals surface area (Å²) in [4.78, 5) is 10.5. The molecule has 1 aromatic rings. The highest BCUT2D eigenvalue weighted by Gasteiger charge is 2.18. The molecule has 0 heterocycles. The third-order valence-corrected chi connectivity index (χ3v) is 2.43. The number of aryl methyl sites for hydroxylation is 1. The Labute approximate surface area is 71.4 Å². The fraction of sp³-hybridized carbons (Fsp3) is 0.300. The van der Waals surface area contributed by atoms with Crippen molar-refractivity contribution in [1.82, 2.24) is 0 Å². The molecule has 2 rings (SSSR count). The Bertz CT molecular complexity index is 320. The Hall–Kier alpha value is -1.15. The summed E-state index contributed by atoms with van der Waals surface area (Å²) in [6.07, 6.45) is 2.93. The summed E-state index contributed by atoms with van der Waals surface area (Å²) in [5.74, 6) is 0. The largest absolute Gasteiger partial charge is 0.324 e. The average Bonchev–Trinajstić information content (AvgIpc) is 2.47. The van der Waals surface area contributed by atoms with Crippen LogP contribution in [-0.4, -0.2) is 6.29 Å². The zero-order valence-corrected chi connectivity index (χ0v) is 6.79. The van der Waals surface area contributed by atoms with E-state index in [9.17, 15) is 4.79 Å². The Morgan fingerprint density at radius 3 is 3.08 bits per heavy atom. The molecule has 0 amide bonds. The number of fused-ring (bicyclic) bond motifs is 1. The predicted octanol–water partition coefficient (Wildman–Crippen LogP) is 1.45. The lowest BCUT2D eigenvalue weighted by Gasteiger charge is -2.04. The molecule has 0 bridgehead atoms. The Morgan fingerprint density at radius 2 is 2.33 bits per heavy atom. The van der Waals surface area contributed by atoms with Gasteiger partial charge in [0.2, 0.25) is 0 Å². The van der Waals surface area contributed by atoms with Crippen LogP contribution in [0.4, 0.5) is 0 Å². The lowest BCUT2D eigenvalue weighted by atomic mass is 10.1. The summed E-state index contributed by atoms with van der Waals surface area (Å²) < 4.78 is 0. The van der Waals surface area contributed by atoms with Gasteiger partial charge < -0.3 is 5.73 Å². The highest BCUT2D eigenvalue weighted by atomic mass is 16.1. The highest BCUT2D eigenvalue weighted by Crippen LogP contribution is 2.29. The van der Waals surface area contributed by atoms with Crippen LogP contribution in [0.25, 0.3) is 0 Å². The number of rotatable bonds is 1. The Kier molecular flexibility index (Phi) is 1.70. The Morgan fingerprint density at radius 1 is 1.50 bits per heavy atom. The molecule has 0 saturated heterocycles. The zero-order chi connectivity index (χ0) is 8.55. The molecule has 0 aliphatic heterocycles. The quantitative estimate of drug-likeness (QED) is 0.633. The van der Waals surface area contributed by atoms with Gasteiger partial charge in [-0.1, -0.05) is 12.1 Å². The molecule has 62 valence electrons. The van der Waals surface area contributed by atoms with Gasteiger partial charge in [0.25, 0.3) is 0 Å². The van der Waals surface area contributed by atoms with E-state index in [0.29, 0.717) is 0 Å². The standard InChI is InChI=1S/C10H11NO/c11-10-4-3-8-2-1-7(6-12)5-9(8)10/h1-2,5-6,10H,3-4,11H2. The van der Waals surface area contributed by atoms with Gasteiger partial charge in [-0.15, -0.1) is 0 Å². The molecule has 1 aromatic carbocycles. The molecule has 0 aromatic heterocycles. The van der Waals surface area contributed by atoms with Crippen molar-refractivity contribution in [3.05, 3.63) is 34.9 Å². The Balaban J connectivity index is 2.50. The molecule has 0 radical (unpaired) electrons. The minimum atomic E-state index is 0.139. The van der Waals surface area contributed by atoms with E-state index < -0.39 is 0 Å². The van der Waals surface area contributed by atoms with Gasteiger partial charge in [0.05, 0.1) is 0 Å². The van der Waals surface area contributed by atoms with E-state index >= 15 is 0 Å². The van der Waals surface area contributed by atoms with Crippen LogP contribution in [0.15, 0.2) is 18.2 Å². The number of benzene rings is 1. The molecule has 1 unspecified atom stereocenters. The van der Waals surface area contributed by atoms with Crippen LogP contribution in [0.2, 0.25) is 0 Å². The molecular weight excluding hydrogens is 150 g/mol. The first-order valence-electron chi connectivity index (χ1n) is 4.15. The minimum absolute atomic E-state index is 0.139. The summed E-state index contributed by atoms with van der Waals surface area (Å²) in [5.41, 5.74) is 9.03. The third-order valence-electron chi connectivity index (χ3n) is 2.43. The monoisotopic (exact) mass is 161 g/mol. The normalized spacial score (nSPS) is 20.6. The fourth-order valence-electron chi connectivity index (χ4n) is 1.73. The van der Waals surface area contributed by atoms with Crippen molar-refractivity contribution in [3.8, 4) is 0 Å². The number of nitrogens with two attached hydrogens (primary N) is 1. The van der Waals surface area contributed by atoms with E-state index in [0.717, 1.165) is 30.3 Å². The third kappa shape index (κ3) is 1.04. The SMILES string of the molecule is NC1CCc2ccc(C=O)cc21. The van der Waals surface area contributed by atoms with Crippen LogP contribution in [0.1, 0.15) is 33.9 Å². The fourth-order valence-corrected chi connectivity index (χ4v) is 1.73.